The average Bonchev–Trinajstić information content (AvgIpc) is 2.07. The zero-order valence-corrected chi connectivity index (χ0v) is 5.90. The molecule has 4 heteroatoms. The van der Waals surface area contributed by atoms with Gasteiger partial charge in [0.15, 0.2) is 0 Å². The Hall–Kier alpha value is -1.54. The molecule has 1 aromatic heterocycles. The van der Waals surface area contributed by atoms with Crippen molar-refractivity contribution >= 4 is 6.08 Å². The second kappa shape index (κ2) is 4.30. The summed E-state index contributed by atoms with van der Waals surface area (Å²) < 4.78 is 0. The molecule has 0 aliphatic heterocycles. The van der Waals surface area contributed by atoms with Crippen LogP contribution < -0.4 is 0 Å². The van der Waals surface area contributed by atoms with Crippen molar-refractivity contribution in [3.63, 3.8) is 0 Å². The zero-order chi connectivity index (χ0) is 7.94. The van der Waals surface area contributed by atoms with Gasteiger partial charge < -0.3 is 0 Å². The molecule has 0 aliphatic carbocycles. The molecule has 0 saturated heterocycles. The molecule has 0 amide bonds. The predicted octanol–water partition coefficient (Wildman–Crippen LogP) is 0.355. The van der Waals surface area contributed by atoms with Gasteiger partial charge in [-0.3, -0.25) is 9.97 Å². The summed E-state index contributed by atoms with van der Waals surface area (Å²) in [5, 5.41) is 0. The minimum atomic E-state index is 0.433. The van der Waals surface area contributed by atoms with Crippen LogP contribution in [0.3, 0.4) is 0 Å². The Morgan fingerprint density at radius 3 is 3.09 bits per heavy atom. The topological polar surface area (TPSA) is 55.2 Å². The van der Waals surface area contributed by atoms with Gasteiger partial charge in [0, 0.05) is 25.0 Å². The van der Waals surface area contributed by atoms with E-state index in [2.05, 4.69) is 15.0 Å². The highest BCUT2D eigenvalue weighted by Crippen LogP contribution is 1.90. The summed E-state index contributed by atoms with van der Waals surface area (Å²) in [6.45, 7) is 0.433. The first-order valence-corrected chi connectivity index (χ1v) is 3.22. The van der Waals surface area contributed by atoms with Gasteiger partial charge in [-0.1, -0.05) is 0 Å². The van der Waals surface area contributed by atoms with Crippen molar-refractivity contribution in [3.05, 3.63) is 24.3 Å². The molecule has 0 aromatic carbocycles. The second-order valence-electron chi connectivity index (χ2n) is 1.92. The summed E-state index contributed by atoms with van der Waals surface area (Å²) >= 11 is 0. The number of aliphatic imine (C=N–C) groups is 1. The van der Waals surface area contributed by atoms with E-state index in [9.17, 15) is 4.79 Å². The molecule has 0 aliphatic rings. The average molecular weight is 149 g/mol. The molecule has 1 heterocycles. The molecule has 0 spiro atoms. The van der Waals surface area contributed by atoms with Gasteiger partial charge >= 0.3 is 0 Å². The van der Waals surface area contributed by atoms with Crippen LogP contribution in [-0.2, 0) is 11.2 Å². The summed E-state index contributed by atoms with van der Waals surface area (Å²) in [7, 11) is 0. The van der Waals surface area contributed by atoms with Crippen LogP contribution in [0, 0.1) is 0 Å². The molecule has 1 aromatic rings. The minimum Gasteiger partial charge on any atom is -0.261 e. The Bertz CT molecular complexity index is 254. The van der Waals surface area contributed by atoms with E-state index < -0.39 is 0 Å². The molecule has 0 unspecified atom stereocenters. The van der Waals surface area contributed by atoms with Crippen molar-refractivity contribution in [2.24, 2.45) is 4.99 Å². The van der Waals surface area contributed by atoms with Gasteiger partial charge in [0.25, 0.3) is 0 Å². The van der Waals surface area contributed by atoms with E-state index in [-0.39, 0.29) is 0 Å². The first-order chi connectivity index (χ1) is 5.43. The summed E-state index contributed by atoms with van der Waals surface area (Å²) in [6, 6.07) is 0. The van der Waals surface area contributed by atoms with E-state index in [0.717, 1.165) is 5.69 Å². The third-order valence-electron chi connectivity index (χ3n) is 1.16. The lowest BCUT2D eigenvalue weighted by atomic mass is 10.3. The molecule has 56 valence electrons. The Kier molecular flexibility index (Phi) is 2.96. The SMILES string of the molecule is O=C=NCCc1cnccn1. The van der Waals surface area contributed by atoms with Crippen molar-refractivity contribution in [2.45, 2.75) is 6.42 Å². The highest BCUT2D eigenvalue weighted by molar-refractivity contribution is 5.32. The molecule has 4 nitrogen and oxygen atoms in total. The quantitative estimate of drug-likeness (QED) is 0.460. The number of nitrogens with zero attached hydrogens (tertiary/aromatic N) is 3. The van der Waals surface area contributed by atoms with Gasteiger partial charge in [-0.25, -0.2) is 9.79 Å². The highest BCUT2D eigenvalue weighted by atomic mass is 16.1. The molecule has 1 rings (SSSR count). The maximum atomic E-state index is 9.67. The van der Waals surface area contributed by atoms with Gasteiger partial charge in [-0.05, 0) is 0 Å². The lowest BCUT2D eigenvalue weighted by Crippen LogP contribution is -1.92. The fourth-order valence-corrected chi connectivity index (χ4v) is 0.675. The van der Waals surface area contributed by atoms with Gasteiger partial charge in [0.1, 0.15) is 0 Å². The molecule has 0 saturated carbocycles. The lowest BCUT2D eigenvalue weighted by Gasteiger charge is -1.92. The second-order valence-corrected chi connectivity index (χ2v) is 1.92. The van der Waals surface area contributed by atoms with E-state index in [1.807, 2.05) is 0 Å². The third-order valence-corrected chi connectivity index (χ3v) is 1.16. The molecular formula is C7H7N3O. The summed E-state index contributed by atoms with van der Waals surface area (Å²) in [4.78, 5) is 20.9. The van der Waals surface area contributed by atoms with Gasteiger partial charge in [-0.2, -0.15) is 0 Å². The van der Waals surface area contributed by atoms with Crippen LogP contribution in [0.4, 0.5) is 0 Å². The van der Waals surface area contributed by atoms with Crippen molar-refractivity contribution < 1.29 is 4.79 Å². The summed E-state index contributed by atoms with van der Waals surface area (Å²) in [5.74, 6) is 0. The fraction of sp³-hybridized carbons (Fsp3) is 0.286. The zero-order valence-electron chi connectivity index (χ0n) is 5.90. The van der Waals surface area contributed by atoms with Crippen molar-refractivity contribution in [1.29, 1.82) is 0 Å². The van der Waals surface area contributed by atoms with E-state index in [4.69, 9.17) is 0 Å². The van der Waals surface area contributed by atoms with Crippen LogP contribution in [0.1, 0.15) is 5.69 Å². The van der Waals surface area contributed by atoms with Crippen molar-refractivity contribution in [1.82, 2.24) is 9.97 Å². The number of hydrogen-bond donors (Lipinski definition) is 0. The smallest absolute Gasteiger partial charge is 0.234 e. The summed E-state index contributed by atoms with van der Waals surface area (Å²) in [6.07, 6.45) is 6.97. The summed E-state index contributed by atoms with van der Waals surface area (Å²) in [5.41, 5.74) is 0.839. The Labute approximate surface area is 64.0 Å². The largest absolute Gasteiger partial charge is 0.261 e. The molecule has 0 N–H and O–H groups in total. The Morgan fingerprint density at radius 1 is 1.55 bits per heavy atom. The highest BCUT2D eigenvalue weighted by Gasteiger charge is 1.90. The molecule has 0 fully saturated rings. The minimum absolute atomic E-state index is 0.433. The van der Waals surface area contributed by atoms with Crippen LogP contribution in [0.5, 0.6) is 0 Å². The normalized spacial score (nSPS) is 8.73. The molecule has 0 radical (unpaired) electrons. The first kappa shape index (κ1) is 7.57. The standard InChI is InChI=1S/C7H7N3O/c11-6-9-2-1-7-5-8-3-4-10-7/h3-5H,1-2H2. The van der Waals surface area contributed by atoms with Gasteiger partial charge in [0.05, 0.1) is 12.2 Å². The van der Waals surface area contributed by atoms with Crippen LogP contribution in [0.15, 0.2) is 23.6 Å². The lowest BCUT2D eigenvalue weighted by molar-refractivity contribution is 0.563. The number of hydrogen-bond acceptors (Lipinski definition) is 4. The van der Waals surface area contributed by atoms with Crippen molar-refractivity contribution in [2.75, 3.05) is 6.54 Å². The monoisotopic (exact) mass is 149 g/mol. The van der Waals surface area contributed by atoms with Crippen LogP contribution in [-0.4, -0.2) is 22.6 Å². The van der Waals surface area contributed by atoms with E-state index >= 15 is 0 Å². The Balaban J connectivity index is 2.45. The maximum Gasteiger partial charge on any atom is 0.234 e. The van der Waals surface area contributed by atoms with E-state index in [1.165, 1.54) is 6.08 Å². The number of isocyanates is 1. The fourth-order valence-electron chi connectivity index (χ4n) is 0.675. The third kappa shape index (κ3) is 2.69. The van der Waals surface area contributed by atoms with Crippen LogP contribution >= 0.6 is 0 Å². The van der Waals surface area contributed by atoms with Gasteiger partial charge in [-0.15, -0.1) is 0 Å². The molecule has 0 atom stereocenters. The van der Waals surface area contributed by atoms with Gasteiger partial charge in [0.2, 0.25) is 6.08 Å². The number of carbonyl (C=O) groups excluding carboxylic acids is 1. The van der Waals surface area contributed by atoms with E-state index in [0.29, 0.717) is 13.0 Å². The Morgan fingerprint density at radius 2 is 2.45 bits per heavy atom. The number of aromatic nitrogens is 2. The van der Waals surface area contributed by atoms with Crippen LogP contribution in [0.2, 0.25) is 0 Å². The first-order valence-electron chi connectivity index (χ1n) is 3.22. The molecule has 0 bridgehead atoms. The maximum absolute atomic E-state index is 9.67. The predicted molar refractivity (Wildman–Crippen MR) is 38.7 cm³/mol. The number of rotatable bonds is 3. The molecular weight excluding hydrogens is 142 g/mol. The van der Waals surface area contributed by atoms with Crippen LogP contribution in [0.25, 0.3) is 0 Å². The van der Waals surface area contributed by atoms with E-state index in [1.54, 1.807) is 18.6 Å². The molecule has 11 heavy (non-hydrogen) atoms. The van der Waals surface area contributed by atoms with Crippen molar-refractivity contribution in [3.8, 4) is 0 Å².